The molecule has 1 unspecified atom stereocenters. The number of hydrogen-bond acceptors (Lipinski definition) is 6. The van der Waals surface area contributed by atoms with Gasteiger partial charge in [-0.1, -0.05) is 0 Å². The molecule has 90 valence electrons. The molecule has 0 aliphatic carbocycles. The minimum absolute atomic E-state index is 0.0713. The first-order chi connectivity index (χ1) is 7.56. The van der Waals surface area contributed by atoms with Crippen LogP contribution in [0, 0.1) is 10.1 Å². The Morgan fingerprint density at radius 1 is 1.75 bits per heavy atom. The molecule has 0 saturated carbocycles. The van der Waals surface area contributed by atoms with Gasteiger partial charge in [-0.25, -0.2) is 0 Å². The van der Waals surface area contributed by atoms with Crippen LogP contribution in [0.2, 0.25) is 0 Å². The summed E-state index contributed by atoms with van der Waals surface area (Å²) >= 11 is 2.64. The Morgan fingerprint density at radius 2 is 2.44 bits per heavy atom. The number of nitro groups is 1. The molecule has 0 amide bonds. The van der Waals surface area contributed by atoms with E-state index >= 15 is 0 Å². The molecule has 1 N–H and O–H groups in total. The molecule has 0 aliphatic rings. The zero-order valence-electron chi connectivity index (χ0n) is 9.00. The lowest BCUT2D eigenvalue weighted by atomic mass is 10.3. The summed E-state index contributed by atoms with van der Waals surface area (Å²) in [7, 11) is 1.59. The van der Waals surface area contributed by atoms with E-state index in [1.54, 1.807) is 14.0 Å². The van der Waals surface area contributed by atoms with Crippen LogP contribution in [0.4, 0.5) is 5.69 Å². The van der Waals surface area contributed by atoms with Gasteiger partial charge in [-0.05, 0) is 6.92 Å². The Morgan fingerprint density at radius 3 is 2.94 bits per heavy atom. The van der Waals surface area contributed by atoms with Gasteiger partial charge in [0.2, 0.25) is 0 Å². The molecule has 1 aromatic rings. The summed E-state index contributed by atoms with van der Waals surface area (Å²) < 4.78 is 5.51. The first kappa shape index (κ1) is 13.4. The van der Waals surface area contributed by atoms with Crippen LogP contribution in [0.25, 0.3) is 0 Å². The summed E-state index contributed by atoms with van der Waals surface area (Å²) in [6.07, 6.45) is -0.666. The normalized spacial score (nSPS) is 12.7. The maximum Gasteiger partial charge on any atom is 0.294 e. The molecule has 0 bridgehead atoms. The molecule has 16 heavy (non-hydrogen) atoms. The highest BCUT2D eigenvalue weighted by Crippen LogP contribution is 2.39. The summed E-state index contributed by atoms with van der Waals surface area (Å²) in [4.78, 5) is 11.0. The average Bonchev–Trinajstić information content (AvgIpc) is 2.62. The minimum atomic E-state index is -0.666. The third kappa shape index (κ3) is 3.44. The Bertz CT molecular complexity index is 364. The molecule has 1 rings (SSSR count). The molecule has 7 heteroatoms. The molecule has 1 aromatic heterocycles. The second-order valence-electron chi connectivity index (χ2n) is 3.10. The fourth-order valence-electron chi connectivity index (χ4n) is 1.04. The van der Waals surface area contributed by atoms with Crippen molar-refractivity contribution in [1.82, 2.24) is 0 Å². The van der Waals surface area contributed by atoms with E-state index in [1.807, 2.05) is 0 Å². The molecule has 0 spiro atoms. The van der Waals surface area contributed by atoms with Gasteiger partial charge in [0.05, 0.1) is 17.6 Å². The molecule has 0 saturated heterocycles. The van der Waals surface area contributed by atoms with E-state index < -0.39 is 11.0 Å². The number of rotatable bonds is 6. The molecular formula is C9H13NO4S2. The molecule has 0 radical (unpaired) electrons. The number of ether oxygens (including phenoxy) is 1. The number of thioether (sulfide) groups is 1. The molecular weight excluding hydrogens is 250 g/mol. The van der Waals surface area contributed by atoms with Gasteiger partial charge >= 0.3 is 0 Å². The lowest BCUT2D eigenvalue weighted by Gasteiger charge is -1.97. The Kier molecular flexibility index (Phi) is 5.20. The first-order valence-electron chi connectivity index (χ1n) is 4.64. The largest absolute Gasteiger partial charge is 0.388 e. The van der Waals surface area contributed by atoms with E-state index in [9.17, 15) is 15.2 Å². The highest BCUT2D eigenvalue weighted by Gasteiger charge is 2.20. The van der Waals surface area contributed by atoms with Crippen molar-refractivity contribution in [2.45, 2.75) is 17.2 Å². The van der Waals surface area contributed by atoms with Gasteiger partial charge in [-0.15, -0.1) is 23.1 Å². The average molecular weight is 263 g/mol. The molecule has 1 heterocycles. The third-order valence-electron chi connectivity index (χ3n) is 1.83. The zero-order valence-corrected chi connectivity index (χ0v) is 10.6. The van der Waals surface area contributed by atoms with Gasteiger partial charge in [0.15, 0.2) is 0 Å². The Labute approximate surface area is 102 Å². The fraction of sp³-hybridized carbons (Fsp3) is 0.556. The second kappa shape index (κ2) is 6.19. The van der Waals surface area contributed by atoms with Crippen LogP contribution in [0.3, 0.4) is 0 Å². The van der Waals surface area contributed by atoms with Gasteiger partial charge in [0, 0.05) is 23.8 Å². The van der Waals surface area contributed by atoms with Crippen molar-refractivity contribution >= 4 is 28.8 Å². The van der Waals surface area contributed by atoms with Crippen LogP contribution < -0.4 is 0 Å². The number of methoxy groups -OCH3 is 1. The van der Waals surface area contributed by atoms with Gasteiger partial charge < -0.3 is 9.84 Å². The topological polar surface area (TPSA) is 72.6 Å². The van der Waals surface area contributed by atoms with E-state index in [4.69, 9.17) is 4.74 Å². The monoisotopic (exact) mass is 263 g/mol. The maximum atomic E-state index is 10.8. The quantitative estimate of drug-likeness (QED) is 0.369. The summed E-state index contributed by atoms with van der Waals surface area (Å²) in [6, 6.07) is 1.43. The van der Waals surface area contributed by atoms with Crippen LogP contribution in [-0.2, 0) is 4.74 Å². The van der Waals surface area contributed by atoms with Crippen LogP contribution in [0.15, 0.2) is 10.3 Å². The van der Waals surface area contributed by atoms with Crippen molar-refractivity contribution in [1.29, 1.82) is 0 Å². The van der Waals surface area contributed by atoms with Crippen molar-refractivity contribution < 1.29 is 14.8 Å². The summed E-state index contributed by atoms with van der Waals surface area (Å²) in [5.74, 6) is 0.664. The number of thiophene rings is 1. The van der Waals surface area contributed by atoms with Crippen molar-refractivity contribution in [3.8, 4) is 0 Å². The van der Waals surface area contributed by atoms with Crippen LogP contribution in [0.5, 0.6) is 0 Å². The van der Waals surface area contributed by atoms with E-state index in [2.05, 4.69) is 0 Å². The lowest BCUT2D eigenvalue weighted by molar-refractivity contribution is -0.387. The Balaban J connectivity index is 2.83. The number of aliphatic hydroxyl groups excluding tert-OH is 1. The van der Waals surface area contributed by atoms with E-state index in [1.165, 1.54) is 29.2 Å². The van der Waals surface area contributed by atoms with E-state index in [0.717, 1.165) is 0 Å². The summed E-state index contributed by atoms with van der Waals surface area (Å²) in [6.45, 7) is 2.14. The zero-order chi connectivity index (χ0) is 12.1. The van der Waals surface area contributed by atoms with Crippen LogP contribution in [0.1, 0.15) is 17.9 Å². The van der Waals surface area contributed by atoms with Crippen LogP contribution in [-0.4, -0.2) is 29.5 Å². The smallest absolute Gasteiger partial charge is 0.294 e. The van der Waals surface area contributed by atoms with Gasteiger partial charge in [0.25, 0.3) is 5.69 Å². The van der Waals surface area contributed by atoms with Crippen molar-refractivity contribution in [3.05, 3.63) is 21.1 Å². The third-order valence-corrected chi connectivity index (χ3v) is 4.36. The molecule has 1 atom stereocenters. The molecule has 0 aromatic carbocycles. The standard InChI is InChI=1S/C9H13NO4S2/c1-6(11)8-5-7(10(12)13)9(16-8)15-4-3-14-2/h5-6,11H,3-4H2,1-2H3. The van der Waals surface area contributed by atoms with E-state index in [0.29, 0.717) is 21.4 Å². The fourth-order valence-corrected chi connectivity index (χ4v) is 3.32. The van der Waals surface area contributed by atoms with Gasteiger partial charge in [0.1, 0.15) is 4.21 Å². The highest BCUT2D eigenvalue weighted by atomic mass is 32.2. The second-order valence-corrected chi connectivity index (χ2v) is 5.54. The molecule has 0 fully saturated rings. The van der Waals surface area contributed by atoms with Crippen molar-refractivity contribution in [2.24, 2.45) is 0 Å². The SMILES string of the molecule is COCCSc1sc(C(C)O)cc1[N+](=O)[O-]. The van der Waals surface area contributed by atoms with Crippen molar-refractivity contribution in [2.75, 3.05) is 19.5 Å². The summed E-state index contributed by atoms with van der Waals surface area (Å²) in [5.41, 5.74) is 0.0713. The van der Waals surface area contributed by atoms with Gasteiger partial charge in [-0.2, -0.15) is 0 Å². The predicted molar refractivity (Wildman–Crippen MR) is 64.2 cm³/mol. The maximum absolute atomic E-state index is 10.8. The first-order valence-corrected chi connectivity index (χ1v) is 6.44. The number of aliphatic hydroxyl groups is 1. The number of nitrogens with zero attached hydrogens (tertiary/aromatic N) is 1. The van der Waals surface area contributed by atoms with Gasteiger partial charge in [-0.3, -0.25) is 10.1 Å². The van der Waals surface area contributed by atoms with E-state index in [-0.39, 0.29) is 5.69 Å². The minimum Gasteiger partial charge on any atom is -0.388 e. The molecule has 0 aliphatic heterocycles. The van der Waals surface area contributed by atoms with Crippen molar-refractivity contribution in [3.63, 3.8) is 0 Å². The summed E-state index contributed by atoms with van der Waals surface area (Å²) in [5, 5.41) is 20.1. The lowest BCUT2D eigenvalue weighted by Crippen LogP contribution is -1.92. The number of hydrogen-bond donors (Lipinski definition) is 1. The predicted octanol–water partition coefficient (Wildman–Crippen LogP) is 2.45. The molecule has 5 nitrogen and oxygen atoms in total. The van der Waals surface area contributed by atoms with Crippen LogP contribution >= 0.6 is 23.1 Å². The Hall–Kier alpha value is -0.630. The highest BCUT2D eigenvalue weighted by molar-refractivity contribution is 8.01.